The summed E-state index contributed by atoms with van der Waals surface area (Å²) in [4.78, 5) is 7.90. The average molecular weight is 476 g/mol. The maximum atomic E-state index is 9.85. The van der Waals surface area contributed by atoms with Crippen LogP contribution in [0.25, 0.3) is 15.7 Å². The second-order valence-corrected chi connectivity index (χ2v) is 8.52. The molecule has 5 heteroatoms. The number of benzene rings is 3. The monoisotopic (exact) mass is 475 g/mol. The van der Waals surface area contributed by atoms with Crippen LogP contribution in [0, 0.1) is 30.2 Å². The van der Waals surface area contributed by atoms with Gasteiger partial charge in [-0.1, -0.05) is 79.0 Å². The molecule has 0 aliphatic rings. The third-order valence-electron chi connectivity index (χ3n) is 5.91. The van der Waals surface area contributed by atoms with E-state index in [9.17, 15) is 5.26 Å². The van der Waals surface area contributed by atoms with Crippen molar-refractivity contribution in [1.29, 1.82) is 5.26 Å². The smallest absolute Gasteiger partial charge is 0.187 e. The summed E-state index contributed by atoms with van der Waals surface area (Å²) in [5, 5.41) is 14.5. The van der Waals surface area contributed by atoms with Gasteiger partial charge in [-0.2, -0.15) is 5.26 Å². The van der Waals surface area contributed by atoms with Crippen molar-refractivity contribution in [3.8, 4) is 18.4 Å². The summed E-state index contributed by atoms with van der Waals surface area (Å²) in [7, 11) is 0. The van der Waals surface area contributed by atoms with Gasteiger partial charge in [0, 0.05) is 18.8 Å². The first-order chi connectivity index (χ1) is 17.4. The molecule has 170 valence electrons. The molecule has 0 aliphatic heterocycles. The fourth-order valence-corrected chi connectivity index (χ4v) is 4.43. The van der Waals surface area contributed by atoms with Gasteiger partial charge >= 0.3 is 0 Å². The van der Waals surface area contributed by atoms with E-state index >= 15 is 0 Å². The van der Waals surface area contributed by atoms with Gasteiger partial charge < -0.3 is 5.32 Å². The van der Waals surface area contributed by atoms with Gasteiger partial charge in [-0.3, -0.25) is 4.98 Å². The van der Waals surface area contributed by atoms with Crippen LogP contribution in [0.2, 0.25) is 5.02 Å². The second-order valence-electron chi connectivity index (χ2n) is 8.11. The lowest BCUT2D eigenvalue weighted by atomic mass is 9.91. The number of fused-ring (bicyclic) bond motifs is 1. The number of nitriles is 1. The lowest BCUT2D eigenvalue weighted by Gasteiger charge is -2.21. The molecule has 0 aliphatic carbocycles. The zero-order valence-corrected chi connectivity index (χ0v) is 20.0. The van der Waals surface area contributed by atoms with Gasteiger partial charge in [0.2, 0.25) is 0 Å². The first kappa shape index (κ1) is 22.5. The van der Waals surface area contributed by atoms with E-state index < -0.39 is 5.89 Å². The molecule has 1 N–H and O–H groups in total. The van der Waals surface area contributed by atoms with Gasteiger partial charge in [-0.25, -0.2) is 4.85 Å². The molecular formula is C30H23ClN4. The van der Waals surface area contributed by atoms with Crippen molar-refractivity contribution in [2.75, 3.05) is 5.32 Å². The summed E-state index contributed by atoms with van der Waals surface area (Å²) < 4.78 is 9.02. The molecule has 0 radical (unpaired) electrons. The van der Waals surface area contributed by atoms with Gasteiger partial charge in [0.05, 0.1) is 34.4 Å². The number of terminal acetylenes is 1. The first-order valence-electron chi connectivity index (χ1n) is 11.7. The average Bonchev–Trinajstić information content (AvgIpc) is 2.92. The number of nitrogens with one attached hydrogen (secondary N) is 1. The van der Waals surface area contributed by atoms with Crippen molar-refractivity contribution in [3.05, 3.63) is 112 Å². The number of nitrogens with zero attached hydrogens (tertiary/aromatic N) is 3. The number of hydrogen-bond donors (Lipinski definition) is 1. The highest BCUT2D eigenvalue weighted by Crippen LogP contribution is 2.36. The zero-order valence-electron chi connectivity index (χ0n) is 20.2. The van der Waals surface area contributed by atoms with E-state index in [2.05, 4.69) is 34.1 Å². The van der Waals surface area contributed by atoms with Crippen LogP contribution in [0.1, 0.15) is 48.9 Å². The lowest BCUT2D eigenvalue weighted by molar-refractivity contribution is 0.750. The minimum atomic E-state index is -1.40. The molecule has 0 amide bonds. The summed E-state index contributed by atoms with van der Waals surface area (Å²) >= 11 is 6.66. The number of aromatic nitrogens is 1. The fraction of sp³-hybridized carbons (Fsp3) is 0.167. The van der Waals surface area contributed by atoms with E-state index in [1.54, 1.807) is 30.3 Å². The molecule has 2 atom stereocenters. The van der Waals surface area contributed by atoms with Crippen LogP contribution in [-0.4, -0.2) is 4.98 Å². The van der Waals surface area contributed by atoms with Gasteiger partial charge in [-0.05, 0) is 41.7 Å². The molecule has 4 nitrogen and oxygen atoms in total. The highest BCUT2D eigenvalue weighted by atomic mass is 35.5. The Balaban J connectivity index is 1.82. The molecule has 4 aromatic rings. The van der Waals surface area contributed by atoms with Crippen molar-refractivity contribution >= 4 is 33.9 Å². The number of rotatable bonds is 7. The summed E-state index contributed by atoms with van der Waals surface area (Å²) in [5.41, 5.74) is 4.45. The van der Waals surface area contributed by atoms with E-state index in [0.717, 1.165) is 17.5 Å². The summed E-state index contributed by atoms with van der Waals surface area (Å²) in [6.07, 6.45) is 8.34. The van der Waals surface area contributed by atoms with E-state index in [-0.39, 0.29) is 12.5 Å². The molecular weight excluding hydrogens is 452 g/mol. The highest BCUT2D eigenvalue weighted by Gasteiger charge is 2.18. The van der Waals surface area contributed by atoms with Crippen molar-refractivity contribution < 1.29 is 1.37 Å². The number of anilines is 1. The van der Waals surface area contributed by atoms with Crippen LogP contribution in [0.3, 0.4) is 0 Å². The topological polar surface area (TPSA) is 53.1 Å². The minimum Gasteiger partial charge on any atom is -0.377 e. The Morgan fingerprint density at radius 3 is 2.63 bits per heavy atom. The largest absolute Gasteiger partial charge is 0.377 e. The minimum absolute atomic E-state index is 0.0244. The Kier molecular flexibility index (Phi) is 6.91. The van der Waals surface area contributed by atoms with Crippen LogP contribution in [0.4, 0.5) is 11.4 Å². The maximum absolute atomic E-state index is 9.85. The Morgan fingerprint density at radius 1 is 1.17 bits per heavy atom. The molecule has 0 saturated heterocycles. The summed E-state index contributed by atoms with van der Waals surface area (Å²) in [6.45, 7) is 9.37. The number of hydrogen-bond acceptors (Lipinski definition) is 3. The number of halogens is 1. The van der Waals surface area contributed by atoms with E-state index in [1.165, 1.54) is 6.20 Å². The predicted molar refractivity (Wildman–Crippen MR) is 143 cm³/mol. The van der Waals surface area contributed by atoms with Gasteiger partial charge in [0.25, 0.3) is 0 Å². The van der Waals surface area contributed by atoms with Gasteiger partial charge in [-0.15, -0.1) is 6.42 Å². The van der Waals surface area contributed by atoms with Crippen LogP contribution < -0.4 is 5.32 Å². The third kappa shape index (κ3) is 5.12. The SMILES string of the molecule is [2H][C@@](C#C)(Cc1cc(Cl)c2ncc(C#N)c(N[C@H](CC)c3ccccc3)c2c1)c1cccc([N+]#[C-])c1. The van der Waals surface area contributed by atoms with Crippen LogP contribution in [0.15, 0.2) is 72.9 Å². The molecule has 35 heavy (non-hydrogen) atoms. The normalized spacial score (nSPS) is 13.5. The summed E-state index contributed by atoms with van der Waals surface area (Å²) in [5.74, 6) is 1.20. The molecule has 0 saturated carbocycles. The van der Waals surface area contributed by atoms with Crippen molar-refractivity contribution in [2.24, 2.45) is 0 Å². The molecule has 1 heterocycles. The maximum Gasteiger partial charge on any atom is 0.187 e. The Labute approximate surface area is 212 Å². The Hall–Kier alpha value is -4.30. The Bertz CT molecular complexity index is 1550. The zero-order chi connectivity index (χ0) is 25.7. The van der Waals surface area contributed by atoms with E-state index in [1.807, 2.05) is 36.4 Å². The third-order valence-corrected chi connectivity index (χ3v) is 6.20. The fourth-order valence-electron chi connectivity index (χ4n) is 4.14. The molecule has 4 rings (SSSR count). The van der Waals surface area contributed by atoms with Crippen LogP contribution in [0.5, 0.6) is 0 Å². The van der Waals surface area contributed by atoms with Gasteiger partial charge in [0.1, 0.15) is 6.07 Å². The van der Waals surface area contributed by atoms with Crippen molar-refractivity contribution in [1.82, 2.24) is 4.98 Å². The second kappa shape index (κ2) is 10.8. The molecule has 0 fully saturated rings. The molecule has 0 bridgehead atoms. The Morgan fingerprint density at radius 2 is 1.94 bits per heavy atom. The van der Waals surface area contributed by atoms with Crippen molar-refractivity contribution in [2.45, 2.75) is 31.7 Å². The summed E-state index contributed by atoms with van der Waals surface area (Å²) in [6, 6.07) is 22.7. The highest BCUT2D eigenvalue weighted by molar-refractivity contribution is 6.35. The standard InChI is InChI=1S/C30H23ClN4/c1-4-21(23-12-9-13-25(17-23)33-3)14-20-15-26-29(24(18-32)19-34-30(26)27(31)16-20)35-28(5-2)22-10-7-6-8-11-22/h1,6-13,15-17,19,21,28H,5,14H2,2H3,(H,34,35)/t21-,28-/m1/s1/i21D. The molecule has 1 aromatic heterocycles. The van der Waals surface area contributed by atoms with E-state index in [4.69, 9.17) is 26.0 Å². The number of pyridine rings is 1. The first-order valence-corrected chi connectivity index (χ1v) is 11.6. The molecule has 0 unspecified atom stereocenters. The quantitative estimate of drug-likeness (QED) is 0.219. The molecule has 3 aromatic carbocycles. The van der Waals surface area contributed by atoms with Crippen LogP contribution in [-0.2, 0) is 6.42 Å². The van der Waals surface area contributed by atoms with Crippen LogP contribution >= 0.6 is 11.6 Å². The predicted octanol–water partition coefficient (Wildman–Crippen LogP) is 7.83. The lowest BCUT2D eigenvalue weighted by Crippen LogP contribution is -2.11. The van der Waals surface area contributed by atoms with Gasteiger partial charge in [0.15, 0.2) is 5.69 Å². The molecule has 0 spiro atoms. The van der Waals surface area contributed by atoms with Crippen molar-refractivity contribution in [3.63, 3.8) is 0 Å². The van der Waals surface area contributed by atoms with E-state index in [0.29, 0.717) is 38.4 Å².